The summed E-state index contributed by atoms with van der Waals surface area (Å²) in [5.41, 5.74) is 3.81. The summed E-state index contributed by atoms with van der Waals surface area (Å²) in [7, 11) is 1.99. The third-order valence-electron chi connectivity index (χ3n) is 6.00. The molecule has 0 saturated carbocycles. The Hall–Kier alpha value is -2.70. The maximum atomic E-state index is 12.9. The zero-order valence-electron chi connectivity index (χ0n) is 18.0. The van der Waals surface area contributed by atoms with Crippen molar-refractivity contribution in [3.8, 4) is 0 Å². The number of imidazole rings is 1. The monoisotopic (exact) mass is 406 g/mol. The van der Waals surface area contributed by atoms with Crippen LogP contribution in [0.4, 0.5) is 0 Å². The maximum Gasteiger partial charge on any atom is 0.251 e. The number of nitrogens with one attached hydrogen (secondary N) is 1. The minimum atomic E-state index is -0.0733. The van der Waals surface area contributed by atoms with Gasteiger partial charge in [-0.05, 0) is 37.1 Å². The van der Waals surface area contributed by atoms with Gasteiger partial charge < -0.3 is 14.6 Å². The zero-order valence-corrected chi connectivity index (χ0v) is 18.0. The number of benzene rings is 2. The van der Waals surface area contributed by atoms with E-state index in [1.165, 1.54) is 5.56 Å². The third-order valence-corrected chi connectivity index (χ3v) is 6.00. The number of morpholine rings is 1. The van der Waals surface area contributed by atoms with Crippen LogP contribution in [0.1, 0.15) is 35.1 Å². The number of ether oxygens (including phenoxy) is 1. The molecule has 30 heavy (non-hydrogen) atoms. The predicted molar refractivity (Wildman–Crippen MR) is 118 cm³/mol. The summed E-state index contributed by atoms with van der Waals surface area (Å²) in [4.78, 5) is 19.9. The van der Waals surface area contributed by atoms with Gasteiger partial charge >= 0.3 is 0 Å². The Kier molecular flexibility index (Phi) is 6.16. The number of aromatic nitrogens is 2. The van der Waals surface area contributed by atoms with E-state index in [2.05, 4.69) is 46.4 Å². The molecule has 6 nitrogen and oxygen atoms in total. The molecule has 1 amide bonds. The molecule has 2 atom stereocenters. The van der Waals surface area contributed by atoms with Crippen molar-refractivity contribution in [1.29, 1.82) is 0 Å². The van der Waals surface area contributed by atoms with E-state index >= 15 is 0 Å². The van der Waals surface area contributed by atoms with Crippen molar-refractivity contribution in [2.45, 2.75) is 39.0 Å². The van der Waals surface area contributed by atoms with Gasteiger partial charge in [0.1, 0.15) is 5.82 Å². The number of fused-ring (bicyclic) bond motifs is 1. The van der Waals surface area contributed by atoms with Gasteiger partial charge in [-0.3, -0.25) is 9.69 Å². The first kappa shape index (κ1) is 20.6. The van der Waals surface area contributed by atoms with Gasteiger partial charge in [0.2, 0.25) is 0 Å². The number of aryl methyl sites for hydroxylation is 2. The van der Waals surface area contributed by atoms with Gasteiger partial charge in [0.25, 0.3) is 5.91 Å². The summed E-state index contributed by atoms with van der Waals surface area (Å²) >= 11 is 0. The van der Waals surface area contributed by atoms with E-state index in [1.54, 1.807) is 0 Å². The van der Waals surface area contributed by atoms with Crippen LogP contribution >= 0.6 is 0 Å². The Labute approximate surface area is 177 Å². The Bertz CT molecular complexity index is 1010. The molecule has 2 heterocycles. The Morgan fingerprint density at radius 1 is 1.27 bits per heavy atom. The average Bonchev–Trinajstić information content (AvgIpc) is 3.05. The molecule has 0 unspecified atom stereocenters. The van der Waals surface area contributed by atoms with Crippen LogP contribution in [-0.4, -0.2) is 52.2 Å². The summed E-state index contributed by atoms with van der Waals surface area (Å²) in [6.45, 7) is 7.37. The van der Waals surface area contributed by atoms with E-state index in [9.17, 15) is 4.79 Å². The second kappa shape index (κ2) is 8.98. The lowest BCUT2D eigenvalue weighted by Crippen LogP contribution is -2.53. The molecule has 2 aromatic carbocycles. The molecule has 0 aliphatic carbocycles. The molecule has 1 N–H and O–H groups in total. The first-order valence-electron chi connectivity index (χ1n) is 10.7. The lowest BCUT2D eigenvalue weighted by atomic mass is 10.0. The fraction of sp³-hybridized carbons (Fsp3) is 0.417. The quantitative estimate of drug-likeness (QED) is 0.682. The maximum absolute atomic E-state index is 12.9. The molecule has 6 heteroatoms. The number of hydrogen-bond donors (Lipinski definition) is 1. The second-order valence-corrected chi connectivity index (χ2v) is 8.04. The van der Waals surface area contributed by atoms with Crippen LogP contribution < -0.4 is 5.32 Å². The van der Waals surface area contributed by atoms with Crippen molar-refractivity contribution in [3.63, 3.8) is 0 Å². The lowest BCUT2D eigenvalue weighted by molar-refractivity contribution is -0.0483. The summed E-state index contributed by atoms with van der Waals surface area (Å²) in [5, 5.41) is 3.20. The van der Waals surface area contributed by atoms with E-state index < -0.39 is 0 Å². The van der Waals surface area contributed by atoms with Crippen molar-refractivity contribution in [3.05, 3.63) is 65.5 Å². The van der Waals surface area contributed by atoms with Crippen LogP contribution in [0, 0.1) is 6.92 Å². The zero-order chi connectivity index (χ0) is 21.1. The van der Waals surface area contributed by atoms with Crippen LogP contribution in [0.25, 0.3) is 11.0 Å². The van der Waals surface area contributed by atoms with Crippen molar-refractivity contribution in [1.82, 2.24) is 19.8 Å². The number of nitrogens with zero attached hydrogens (tertiary/aromatic N) is 3. The number of carbonyl (C=O) groups excluding carboxylic acids is 1. The molecule has 0 radical (unpaired) electrons. The molecule has 1 saturated heterocycles. The fourth-order valence-electron chi connectivity index (χ4n) is 4.13. The number of amides is 1. The summed E-state index contributed by atoms with van der Waals surface area (Å²) in [6, 6.07) is 16.2. The van der Waals surface area contributed by atoms with Gasteiger partial charge in [0.15, 0.2) is 0 Å². The van der Waals surface area contributed by atoms with Crippen LogP contribution in [0.3, 0.4) is 0 Å². The molecule has 4 rings (SSSR count). The highest BCUT2D eigenvalue weighted by molar-refractivity contribution is 5.97. The smallest absolute Gasteiger partial charge is 0.251 e. The van der Waals surface area contributed by atoms with Gasteiger partial charge in [0, 0.05) is 32.2 Å². The predicted octanol–water partition coefficient (Wildman–Crippen LogP) is 3.29. The van der Waals surface area contributed by atoms with Crippen LogP contribution in [0.2, 0.25) is 0 Å². The second-order valence-electron chi connectivity index (χ2n) is 8.04. The van der Waals surface area contributed by atoms with Crippen molar-refractivity contribution in [2.75, 3.05) is 19.7 Å². The lowest BCUT2D eigenvalue weighted by Gasteiger charge is -2.37. The standard InChI is InChI=1S/C24H30N4O2/c1-4-20(23-16-28(12-13-30-23)15-18-8-6-5-7-9-18)26-24(29)19-10-11-22-21(14-19)25-17(2)27(22)3/h5-11,14,20,23H,4,12-13,15-16H2,1-3H3,(H,26,29)/t20-,23-/m1/s1. The van der Waals surface area contributed by atoms with Gasteiger partial charge in [-0.15, -0.1) is 0 Å². The van der Waals surface area contributed by atoms with E-state index in [0.29, 0.717) is 12.2 Å². The third kappa shape index (κ3) is 4.40. The highest BCUT2D eigenvalue weighted by atomic mass is 16.5. The molecule has 3 aromatic rings. The summed E-state index contributed by atoms with van der Waals surface area (Å²) in [5.74, 6) is 0.860. The van der Waals surface area contributed by atoms with Gasteiger partial charge in [0.05, 0.1) is 29.8 Å². The van der Waals surface area contributed by atoms with E-state index in [1.807, 2.05) is 42.8 Å². The summed E-state index contributed by atoms with van der Waals surface area (Å²) in [6.07, 6.45) is 0.804. The van der Waals surface area contributed by atoms with Gasteiger partial charge in [-0.2, -0.15) is 0 Å². The minimum absolute atomic E-state index is 0.0164. The van der Waals surface area contributed by atoms with Crippen molar-refractivity contribution in [2.24, 2.45) is 7.05 Å². The minimum Gasteiger partial charge on any atom is -0.373 e. The number of rotatable bonds is 6. The molecule has 158 valence electrons. The normalized spacial score (nSPS) is 18.4. The highest BCUT2D eigenvalue weighted by Crippen LogP contribution is 2.18. The molecule has 1 aliphatic rings. The van der Waals surface area contributed by atoms with E-state index in [4.69, 9.17) is 4.74 Å². The first-order valence-corrected chi connectivity index (χ1v) is 10.7. The average molecular weight is 407 g/mol. The number of hydrogen-bond acceptors (Lipinski definition) is 4. The largest absolute Gasteiger partial charge is 0.373 e. The van der Waals surface area contributed by atoms with Crippen LogP contribution in [0.15, 0.2) is 48.5 Å². The van der Waals surface area contributed by atoms with Gasteiger partial charge in [-0.1, -0.05) is 37.3 Å². The van der Waals surface area contributed by atoms with E-state index in [0.717, 1.165) is 42.9 Å². The molecular formula is C24H30N4O2. The Morgan fingerprint density at radius 3 is 2.83 bits per heavy atom. The highest BCUT2D eigenvalue weighted by Gasteiger charge is 2.28. The van der Waals surface area contributed by atoms with Crippen molar-refractivity contribution >= 4 is 16.9 Å². The van der Waals surface area contributed by atoms with Crippen molar-refractivity contribution < 1.29 is 9.53 Å². The fourth-order valence-corrected chi connectivity index (χ4v) is 4.13. The molecule has 1 aromatic heterocycles. The Morgan fingerprint density at radius 2 is 2.07 bits per heavy atom. The molecule has 1 fully saturated rings. The summed E-state index contributed by atoms with van der Waals surface area (Å²) < 4.78 is 8.08. The molecule has 1 aliphatic heterocycles. The Balaban J connectivity index is 1.42. The van der Waals surface area contributed by atoms with Crippen LogP contribution in [0.5, 0.6) is 0 Å². The molecule has 0 bridgehead atoms. The van der Waals surface area contributed by atoms with E-state index in [-0.39, 0.29) is 18.1 Å². The first-order chi connectivity index (χ1) is 14.5. The number of carbonyl (C=O) groups is 1. The SMILES string of the molecule is CC[C@@H](NC(=O)c1ccc2c(c1)nc(C)n2C)[C@H]1CN(Cc2ccccc2)CCO1. The van der Waals surface area contributed by atoms with Gasteiger partial charge in [-0.25, -0.2) is 4.98 Å². The van der Waals surface area contributed by atoms with Crippen LogP contribution in [-0.2, 0) is 18.3 Å². The topological polar surface area (TPSA) is 59.4 Å². The molecule has 0 spiro atoms. The molecular weight excluding hydrogens is 376 g/mol.